The van der Waals surface area contributed by atoms with Crippen molar-refractivity contribution in [1.29, 1.82) is 0 Å². The molecule has 0 atom stereocenters. The van der Waals surface area contributed by atoms with Crippen LogP contribution in [0.1, 0.15) is 11.3 Å². The van der Waals surface area contributed by atoms with Gasteiger partial charge in [0.05, 0.1) is 18.3 Å². The highest BCUT2D eigenvalue weighted by molar-refractivity contribution is 5.69. The molecule has 0 spiro atoms. The van der Waals surface area contributed by atoms with E-state index < -0.39 is 5.97 Å². The highest BCUT2D eigenvalue weighted by atomic mass is 16.4. The number of nitrogens with one attached hydrogen (secondary N) is 1. The molecule has 0 amide bonds. The van der Waals surface area contributed by atoms with Gasteiger partial charge in [-0.05, 0) is 6.92 Å². The Kier molecular flexibility index (Phi) is 1.58. The molecule has 2 N–H and O–H groups in total. The third-order valence-electron chi connectivity index (χ3n) is 1.86. The van der Waals surface area contributed by atoms with Crippen molar-refractivity contribution in [2.24, 2.45) is 0 Å². The van der Waals surface area contributed by atoms with E-state index in [2.05, 4.69) is 10.1 Å². The molecule has 68 valence electrons. The summed E-state index contributed by atoms with van der Waals surface area (Å²) < 4.78 is 1.72. The predicted octanol–water partition coefficient (Wildman–Crippen LogP) is 0.598. The molecule has 5 nitrogen and oxygen atoms in total. The van der Waals surface area contributed by atoms with Gasteiger partial charge in [0.2, 0.25) is 0 Å². The van der Waals surface area contributed by atoms with Crippen LogP contribution in [0.15, 0.2) is 12.4 Å². The van der Waals surface area contributed by atoms with Crippen LogP contribution in [-0.4, -0.2) is 25.7 Å². The Balaban J connectivity index is 2.44. The van der Waals surface area contributed by atoms with Gasteiger partial charge in [-0.2, -0.15) is 0 Å². The Hall–Kier alpha value is -1.78. The van der Waals surface area contributed by atoms with Crippen LogP contribution in [-0.2, 0) is 11.2 Å². The van der Waals surface area contributed by atoms with Gasteiger partial charge in [-0.1, -0.05) is 0 Å². The summed E-state index contributed by atoms with van der Waals surface area (Å²) in [6.45, 7) is 1.92. The standard InChI is InChI=1S/C8H9N3O2/c1-5-3-9-11-4-6(2-7(12)13)10-8(5)11/h3-4,9H,2H2,1H3,(H,12,13). The summed E-state index contributed by atoms with van der Waals surface area (Å²) in [7, 11) is 0. The third-order valence-corrected chi connectivity index (χ3v) is 1.86. The molecular formula is C8H9N3O2. The highest BCUT2D eigenvalue weighted by Gasteiger charge is 2.07. The van der Waals surface area contributed by atoms with Gasteiger partial charge in [0.15, 0.2) is 5.65 Å². The van der Waals surface area contributed by atoms with Crippen molar-refractivity contribution in [3.63, 3.8) is 0 Å². The number of aromatic nitrogens is 3. The minimum Gasteiger partial charge on any atom is -0.481 e. The van der Waals surface area contributed by atoms with Gasteiger partial charge in [-0.3, -0.25) is 9.89 Å². The van der Waals surface area contributed by atoms with Crippen molar-refractivity contribution in [2.75, 3.05) is 0 Å². The smallest absolute Gasteiger partial charge is 0.309 e. The molecule has 0 aliphatic carbocycles. The van der Waals surface area contributed by atoms with Gasteiger partial charge in [0.1, 0.15) is 0 Å². The summed E-state index contributed by atoms with van der Waals surface area (Å²) in [5, 5.41) is 11.5. The maximum atomic E-state index is 10.4. The molecule has 0 aliphatic rings. The van der Waals surface area contributed by atoms with Gasteiger partial charge in [-0.25, -0.2) is 9.50 Å². The van der Waals surface area contributed by atoms with Gasteiger partial charge in [0.25, 0.3) is 0 Å². The number of imidazole rings is 1. The second kappa shape index (κ2) is 2.62. The number of rotatable bonds is 2. The van der Waals surface area contributed by atoms with E-state index in [1.165, 1.54) is 0 Å². The van der Waals surface area contributed by atoms with Crippen molar-refractivity contribution < 1.29 is 9.90 Å². The molecule has 2 aromatic heterocycles. The van der Waals surface area contributed by atoms with Crippen LogP contribution in [0, 0.1) is 6.92 Å². The van der Waals surface area contributed by atoms with E-state index in [1.807, 2.05) is 13.1 Å². The fourth-order valence-corrected chi connectivity index (χ4v) is 1.28. The van der Waals surface area contributed by atoms with E-state index in [0.717, 1.165) is 11.2 Å². The van der Waals surface area contributed by atoms with Crippen LogP contribution in [0.4, 0.5) is 0 Å². The molecular weight excluding hydrogens is 170 g/mol. The summed E-state index contributed by atoms with van der Waals surface area (Å²) in [6.07, 6.45) is 3.48. The number of H-pyrrole nitrogens is 1. The Morgan fingerprint density at radius 2 is 2.54 bits per heavy atom. The van der Waals surface area contributed by atoms with Crippen LogP contribution >= 0.6 is 0 Å². The largest absolute Gasteiger partial charge is 0.481 e. The zero-order chi connectivity index (χ0) is 9.42. The van der Waals surface area contributed by atoms with Gasteiger partial charge in [-0.15, -0.1) is 0 Å². The van der Waals surface area contributed by atoms with Crippen molar-refractivity contribution in [3.05, 3.63) is 23.7 Å². The fraction of sp³-hybridized carbons (Fsp3) is 0.250. The molecule has 0 fully saturated rings. The normalized spacial score (nSPS) is 10.8. The lowest BCUT2D eigenvalue weighted by Crippen LogP contribution is -1.99. The average Bonchev–Trinajstić information content (AvgIpc) is 2.53. The monoisotopic (exact) mass is 179 g/mol. The van der Waals surface area contributed by atoms with E-state index in [-0.39, 0.29) is 6.42 Å². The predicted molar refractivity (Wildman–Crippen MR) is 45.6 cm³/mol. The van der Waals surface area contributed by atoms with Crippen LogP contribution in [0.25, 0.3) is 5.65 Å². The Bertz CT molecular complexity index is 455. The highest BCUT2D eigenvalue weighted by Crippen LogP contribution is 2.09. The molecule has 0 aromatic carbocycles. The Morgan fingerprint density at radius 1 is 1.77 bits per heavy atom. The first-order chi connectivity index (χ1) is 6.16. The van der Waals surface area contributed by atoms with Crippen molar-refractivity contribution in [1.82, 2.24) is 14.6 Å². The summed E-state index contributed by atoms with van der Waals surface area (Å²) in [5.74, 6) is -0.863. The summed E-state index contributed by atoms with van der Waals surface area (Å²) in [6, 6.07) is 0. The second-order valence-electron chi connectivity index (χ2n) is 2.95. The number of aliphatic carboxylic acids is 1. The maximum Gasteiger partial charge on any atom is 0.309 e. The van der Waals surface area contributed by atoms with Gasteiger partial charge in [0, 0.05) is 11.8 Å². The van der Waals surface area contributed by atoms with E-state index in [1.54, 1.807) is 10.7 Å². The first kappa shape index (κ1) is 7.85. The maximum absolute atomic E-state index is 10.4. The van der Waals surface area contributed by atoms with Crippen LogP contribution in [0.2, 0.25) is 0 Å². The third kappa shape index (κ3) is 1.28. The molecule has 0 saturated heterocycles. The van der Waals surface area contributed by atoms with E-state index in [0.29, 0.717) is 5.69 Å². The lowest BCUT2D eigenvalue weighted by molar-refractivity contribution is -0.136. The average molecular weight is 179 g/mol. The number of carboxylic acids is 1. The molecule has 0 aliphatic heterocycles. The SMILES string of the molecule is Cc1c[nH]n2cc(CC(=O)O)nc12. The Labute approximate surface area is 74.0 Å². The quantitative estimate of drug-likeness (QED) is 0.709. The fourth-order valence-electron chi connectivity index (χ4n) is 1.28. The lowest BCUT2D eigenvalue weighted by Gasteiger charge is -1.85. The van der Waals surface area contributed by atoms with E-state index in [4.69, 9.17) is 5.11 Å². The van der Waals surface area contributed by atoms with Crippen LogP contribution in [0.3, 0.4) is 0 Å². The molecule has 0 saturated carbocycles. The second-order valence-corrected chi connectivity index (χ2v) is 2.95. The molecule has 0 radical (unpaired) electrons. The number of nitrogens with zero attached hydrogens (tertiary/aromatic N) is 2. The van der Waals surface area contributed by atoms with Crippen molar-refractivity contribution >= 4 is 11.6 Å². The molecule has 2 aromatic rings. The molecule has 2 heterocycles. The number of carbonyl (C=O) groups is 1. The molecule has 0 bridgehead atoms. The van der Waals surface area contributed by atoms with E-state index >= 15 is 0 Å². The lowest BCUT2D eigenvalue weighted by atomic mass is 10.3. The molecule has 2 rings (SSSR count). The minimum atomic E-state index is -0.863. The Morgan fingerprint density at radius 3 is 3.15 bits per heavy atom. The van der Waals surface area contributed by atoms with Crippen molar-refractivity contribution in [3.8, 4) is 0 Å². The van der Waals surface area contributed by atoms with Crippen LogP contribution < -0.4 is 0 Å². The first-order valence-corrected chi connectivity index (χ1v) is 3.90. The van der Waals surface area contributed by atoms with Crippen LogP contribution in [0.5, 0.6) is 0 Å². The first-order valence-electron chi connectivity index (χ1n) is 3.90. The summed E-state index contributed by atoms with van der Waals surface area (Å²) >= 11 is 0. The van der Waals surface area contributed by atoms with Gasteiger partial charge < -0.3 is 5.11 Å². The van der Waals surface area contributed by atoms with E-state index in [9.17, 15) is 4.79 Å². The number of carboxylic acid groups (broad SMARTS) is 1. The number of aromatic amines is 1. The van der Waals surface area contributed by atoms with Crippen molar-refractivity contribution in [2.45, 2.75) is 13.3 Å². The molecule has 0 unspecified atom stereocenters. The number of aryl methyl sites for hydroxylation is 1. The zero-order valence-electron chi connectivity index (χ0n) is 7.11. The molecule has 5 heteroatoms. The minimum absolute atomic E-state index is 0.0328. The molecule has 13 heavy (non-hydrogen) atoms. The number of fused-ring (bicyclic) bond motifs is 1. The topological polar surface area (TPSA) is 70.4 Å². The van der Waals surface area contributed by atoms with Gasteiger partial charge >= 0.3 is 5.97 Å². The number of hydrogen-bond donors (Lipinski definition) is 2. The summed E-state index contributed by atoms with van der Waals surface area (Å²) in [4.78, 5) is 14.6. The number of hydrogen-bond acceptors (Lipinski definition) is 2. The zero-order valence-corrected chi connectivity index (χ0v) is 7.11. The summed E-state index contributed by atoms with van der Waals surface area (Å²) in [5.41, 5.74) is 2.37.